The first-order valence-electron chi connectivity index (χ1n) is 11.0. The van der Waals surface area contributed by atoms with Gasteiger partial charge >= 0.3 is 0 Å². The van der Waals surface area contributed by atoms with Crippen LogP contribution >= 0.6 is 0 Å². The minimum Gasteiger partial charge on any atom is -0.488 e. The highest BCUT2D eigenvalue weighted by atomic mass is 16.5. The summed E-state index contributed by atoms with van der Waals surface area (Å²) in [6.07, 6.45) is 2.27. The van der Waals surface area contributed by atoms with Crippen LogP contribution in [0.2, 0.25) is 0 Å². The Morgan fingerprint density at radius 1 is 1.23 bits per heavy atom. The van der Waals surface area contributed by atoms with Crippen LogP contribution < -0.4 is 24.8 Å². The van der Waals surface area contributed by atoms with E-state index in [0.29, 0.717) is 35.2 Å². The molecule has 0 fully saturated rings. The Kier molecular flexibility index (Phi) is 8.32. The fraction of sp³-hybridized carbons (Fsp3) is 0.320. The van der Waals surface area contributed by atoms with Crippen molar-refractivity contribution in [3.63, 3.8) is 0 Å². The Hall–Kier alpha value is -4.05. The van der Waals surface area contributed by atoms with Gasteiger partial charge in [0.25, 0.3) is 11.8 Å². The number of hydrogen-bond acceptors (Lipinski definition) is 8. The number of methoxy groups -OCH3 is 1. The van der Waals surface area contributed by atoms with Crippen molar-refractivity contribution < 1.29 is 28.5 Å². The monoisotopic (exact) mass is 482 g/mol. The lowest BCUT2D eigenvalue weighted by atomic mass is 10.1. The van der Waals surface area contributed by atoms with Crippen molar-refractivity contribution in [2.24, 2.45) is 0 Å². The second-order valence-corrected chi connectivity index (χ2v) is 7.96. The Labute approximate surface area is 204 Å². The molecule has 1 aliphatic heterocycles. The molecule has 0 saturated carbocycles. The van der Waals surface area contributed by atoms with Gasteiger partial charge in [-0.3, -0.25) is 15.0 Å². The van der Waals surface area contributed by atoms with E-state index >= 15 is 0 Å². The summed E-state index contributed by atoms with van der Waals surface area (Å²) >= 11 is 0. The van der Waals surface area contributed by atoms with Crippen LogP contribution in [0.5, 0.6) is 23.0 Å². The fourth-order valence-electron chi connectivity index (χ4n) is 3.33. The van der Waals surface area contributed by atoms with Crippen LogP contribution in [0, 0.1) is 5.41 Å². The summed E-state index contributed by atoms with van der Waals surface area (Å²) in [5.41, 5.74) is 0.681. The highest BCUT2D eigenvalue weighted by molar-refractivity contribution is 6.09. The number of amides is 2. The SMILES string of the molecule is CN/C=C\C(=N)NC(=O)c1cc(Oc2ccc3c(c2)OC(C)N(C)C3=O)cc(O[C@@H](C)COC)c1. The van der Waals surface area contributed by atoms with Gasteiger partial charge in [-0.15, -0.1) is 0 Å². The van der Waals surface area contributed by atoms with Gasteiger partial charge in [0.1, 0.15) is 34.9 Å². The van der Waals surface area contributed by atoms with Gasteiger partial charge in [0, 0.05) is 38.9 Å². The summed E-state index contributed by atoms with van der Waals surface area (Å²) in [6.45, 7) is 3.98. The number of fused-ring (bicyclic) bond motifs is 1. The maximum Gasteiger partial charge on any atom is 0.260 e. The standard InChI is InChI=1S/C25H30N4O6/c1-15(14-32-5)33-19-10-17(24(30)28-23(26)8-9-27-3)11-20(12-19)35-18-6-7-21-22(13-18)34-16(2)29(4)25(21)31/h6-13,15-16,27H,14H2,1-5H3,(H2,26,28,30)/b9-8-/t15-,16?/m0/s1. The van der Waals surface area contributed by atoms with Gasteiger partial charge in [0.15, 0.2) is 6.23 Å². The molecule has 1 unspecified atom stereocenters. The zero-order chi connectivity index (χ0) is 25.5. The van der Waals surface area contributed by atoms with E-state index in [1.54, 1.807) is 64.5 Å². The zero-order valence-corrected chi connectivity index (χ0v) is 20.4. The molecule has 35 heavy (non-hydrogen) atoms. The second-order valence-electron chi connectivity index (χ2n) is 7.96. The maximum absolute atomic E-state index is 12.8. The Morgan fingerprint density at radius 3 is 2.69 bits per heavy atom. The number of amidine groups is 1. The molecule has 0 aromatic heterocycles. The smallest absolute Gasteiger partial charge is 0.260 e. The van der Waals surface area contributed by atoms with Crippen molar-refractivity contribution in [2.75, 3.05) is 27.8 Å². The quantitative estimate of drug-likeness (QED) is 0.371. The van der Waals surface area contributed by atoms with Gasteiger partial charge in [0.2, 0.25) is 0 Å². The fourth-order valence-corrected chi connectivity index (χ4v) is 3.33. The van der Waals surface area contributed by atoms with E-state index in [1.165, 1.54) is 17.2 Å². The molecule has 1 heterocycles. The van der Waals surface area contributed by atoms with E-state index in [-0.39, 0.29) is 23.4 Å². The molecular formula is C25H30N4O6. The maximum atomic E-state index is 12.8. The lowest BCUT2D eigenvalue weighted by Crippen LogP contribution is -2.42. The van der Waals surface area contributed by atoms with E-state index in [9.17, 15) is 9.59 Å². The minimum absolute atomic E-state index is 0.0820. The van der Waals surface area contributed by atoms with Gasteiger partial charge in [-0.05, 0) is 50.4 Å². The number of ether oxygens (including phenoxy) is 4. The molecule has 0 saturated heterocycles. The molecular weight excluding hydrogens is 452 g/mol. The molecule has 2 aromatic carbocycles. The summed E-state index contributed by atoms with van der Waals surface area (Å²) in [5, 5.41) is 13.1. The summed E-state index contributed by atoms with van der Waals surface area (Å²) in [4.78, 5) is 26.8. The van der Waals surface area contributed by atoms with Crippen LogP contribution in [0.15, 0.2) is 48.7 Å². The zero-order valence-electron chi connectivity index (χ0n) is 20.4. The lowest BCUT2D eigenvalue weighted by Gasteiger charge is -2.31. The Bertz CT molecular complexity index is 1130. The summed E-state index contributed by atoms with van der Waals surface area (Å²) < 4.78 is 22.8. The molecule has 0 aliphatic carbocycles. The number of rotatable bonds is 9. The first kappa shape index (κ1) is 25.6. The van der Waals surface area contributed by atoms with Crippen molar-refractivity contribution in [1.82, 2.24) is 15.5 Å². The molecule has 2 amide bonds. The van der Waals surface area contributed by atoms with Crippen LogP contribution in [-0.2, 0) is 4.74 Å². The minimum atomic E-state index is -0.498. The normalized spacial score (nSPS) is 15.7. The average molecular weight is 483 g/mol. The van der Waals surface area contributed by atoms with E-state index in [1.807, 2.05) is 6.92 Å². The Morgan fingerprint density at radius 2 is 1.97 bits per heavy atom. The molecule has 0 spiro atoms. The summed E-state index contributed by atoms with van der Waals surface area (Å²) in [5.74, 6) is 0.856. The third-order valence-electron chi connectivity index (χ3n) is 5.13. The van der Waals surface area contributed by atoms with E-state index < -0.39 is 12.1 Å². The Balaban J connectivity index is 1.89. The van der Waals surface area contributed by atoms with Crippen molar-refractivity contribution in [2.45, 2.75) is 26.2 Å². The van der Waals surface area contributed by atoms with Crippen LogP contribution in [0.1, 0.15) is 34.6 Å². The molecule has 10 heteroatoms. The highest BCUT2D eigenvalue weighted by Crippen LogP contribution is 2.34. The molecule has 0 bridgehead atoms. The third kappa shape index (κ3) is 6.51. The average Bonchev–Trinajstić information content (AvgIpc) is 2.81. The van der Waals surface area contributed by atoms with Gasteiger partial charge < -0.3 is 34.5 Å². The van der Waals surface area contributed by atoms with E-state index in [2.05, 4.69) is 10.6 Å². The first-order chi connectivity index (χ1) is 16.7. The number of hydrogen-bond donors (Lipinski definition) is 3. The van der Waals surface area contributed by atoms with Gasteiger partial charge in [-0.2, -0.15) is 0 Å². The number of nitrogens with zero attached hydrogens (tertiary/aromatic N) is 1. The van der Waals surface area contributed by atoms with Gasteiger partial charge in [-0.1, -0.05) is 0 Å². The second kappa shape index (κ2) is 11.4. The highest BCUT2D eigenvalue weighted by Gasteiger charge is 2.28. The van der Waals surface area contributed by atoms with Gasteiger partial charge in [0.05, 0.1) is 12.2 Å². The third-order valence-corrected chi connectivity index (χ3v) is 5.13. The van der Waals surface area contributed by atoms with E-state index in [4.69, 9.17) is 24.4 Å². The summed E-state index contributed by atoms with van der Waals surface area (Å²) in [7, 11) is 4.94. The van der Waals surface area contributed by atoms with Crippen LogP contribution in [-0.4, -0.2) is 62.7 Å². The molecule has 0 radical (unpaired) electrons. The number of benzene rings is 2. The van der Waals surface area contributed by atoms with Crippen LogP contribution in [0.3, 0.4) is 0 Å². The first-order valence-corrected chi connectivity index (χ1v) is 11.0. The molecule has 3 N–H and O–H groups in total. The number of nitrogens with one attached hydrogen (secondary N) is 3. The predicted molar refractivity (Wildman–Crippen MR) is 131 cm³/mol. The van der Waals surface area contributed by atoms with Crippen molar-refractivity contribution in [3.05, 3.63) is 59.8 Å². The van der Waals surface area contributed by atoms with Crippen LogP contribution in [0.25, 0.3) is 0 Å². The van der Waals surface area contributed by atoms with E-state index in [0.717, 1.165) is 0 Å². The molecule has 186 valence electrons. The lowest BCUT2D eigenvalue weighted by molar-refractivity contribution is 0.0293. The summed E-state index contributed by atoms with van der Waals surface area (Å²) in [6, 6.07) is 9.69. The van der Waals surface area contributed by atoms with Crippen molar-refractivity contribution in [3.8, 4) is 23.0 Å². The molecule has 2 atom stereocenters. The predicted octanol–water partition coefficient (Wildman–Crippen LogP) is 3.14. The topological polar surface area (TPSA) is 122 Å². The number of carbonyl (C=O) groups is 2. The molecule has 1 aliphatic rings. The van der Waals surface area contributed by atoms with Crippen molar-refractivity contribution in [1.29, 1.82) is 5.41 Å². The molecule has 10 nitrogen and oxygen atoms in total. The number of carbonyl (C=O) groups excluding carboxylic acids is 2. The van der Waals surface area contributed by atoms with Gasteiger partial charge in [-0.25, -0.2) is 0 Å². The molecule has 2 aromatic rings. The molecule has 3 rings (SSSR count). The largest absolute Gasteiger partial charge is 0.488 e. The van der Waals surface area contributed by atoms with Crippen LogP contribution in [0.4, 0.5) is 0 Å². The van der Waals surface area contributed by atoms with Crippen molar-refractivity contribution >= 4 is 17.6 Å².